The van der Waals surface area contributed by atoms with Gasteiger partial charge < -0.3 is 24.3 Å². The maximum Gasteiger partial charge on any atom is 0.247 e. The van der Waals surface area contributed by atoms with Crippen molar-refractivity contribution in [2.24, 2.45) is 0 Å². The molecule has 8 nitrogen and oxygen atoms in total. The Bertz CT molecular complexity index is 1020. The first kappa shape index (κ1) is 19.1. The van der Waals surface area contributed by atoms with E-state index in [0.29, 0.717) is 39.5 Å². The van der Waals surface area contributed by atoms with Crippen molar-refractivity contribution in [3.63, 3.8) is 0 Å². The summed E-state index contributed by atoms with van der Waals surface area (Å²) >= 11 is 1.40. The van der Waals surface area contributed by atoms with Crippen LogP contribution in [-0.4, -0.2) is 42.8 Å². The molecule has 9 heteroatoms. The van der Waals surface area contributed by atoms with Gasteiger partial charge in [0, 0.05) is 23.4 Å². The summed E-state index contributed by atoms with van der Waals surface area (Å²) in [7, 11) is 4.77. The van der Waals surface area contributed by atoms with Gasteiger partial charge in [-0.1, -0.05) is 30.0 Å². The van der Waals surface area contributed by atoms with Gasteiger partial charge in [0.2, 0.25) is 17.3 Å². The molecule has 0 fully saturated rings. The normalized spacial score (nSPS) is 14.6. The largest absolute Gasteiger partial charge is 0.496 e. The van der Waals surface area contributed by atoms with E-state index in [1.807, 2.05) is 30.5 Å². The number of hydrogen-bond acceptors (Lipinski definition) is 9. The molecule has 0 bridgehead atoms. The lowest BCUT2D eigenvalue weighted by Gasteiger charge is -2.23. The monoisotopic (exact) mass is 412 g/mol. The van der Waals surface area contributed by atoms with Crippen molar-refractivity contribution in [2.75, 3.05) is 32.9 Å². The third-order valence-electron chi connectivity index (χ3n) is 4.53. The van der Waals surface area contributed by atoms with Gasteiger partial charge in [0.25, 0.3) is 0 Å². The third kappa shape index (κ3) is 3.49. The number of fused-ring (bicyclic) bond motifs is 3. The Morgan fingerprint density at radius 1 is 1.00 bits per heavy atom. The van der Waals surface area contributed by atoms with E-state index in [-0.39, 0.29) is 0 Å². The molecule has 1 N–H and O–H groups in total. The van der Waals surface area contributed by atoms with Gasteiger partial charge in [-0.2, -0.15) is 4.98 Å². The SMILES string of the molecule is COc1cc(OC)c([C@H]2Nc3ccccc3-c3nnc(SC)nc3O2)c(OC)c1. The molecule has 0 spiro atoms. The van der Waals surface area contributed by atoms with Crippen LogP contribution in [0.1, 0.15) is 11.8 Å². The Morgan fingerprint density at radius 3 is 2.38 bits per heavy atom. The molecule has 1 aliphatic heterocycles. The minimum atomic E-state index is -0.639. The van der Waals surface area contributed by atoms with Gasteiger partial charge in [-0.25, -0.2) is 0 Å². The molecule has 0 aliphatic carbocycles. The standard InChI is InChI=1S/C20H20N4O4S/c1-25-11-9-14(26-2)16(15(10-11)27-3)18-21-13-8-6-5-7-12(13)17-19(28-18)22-20(29-4)24-23-17/h5-10,18,21H,1-4H3/t18-/m0/s1. The number of para-hydroxylation sites is 1. The van der Waals surface area contributed by atoms with Crippen molar-refractivity contribution in [1.29, 1.82) is 0 Å². The molecule has 4 rings (SSSR count). The number of ether oxygens (including phenoxy) is 4. The van der Waals surface area contributed by atoms with Gasteiger partial charge in [0.15, 0.2) is 5.69 Å². The maximum absolute atomic E-state index is 6.29. The maximum atomic E-state index is 6.29. The van der Waals surface area contributed by atoms with Crippen molar-refractivity contribution in [3.05, 3.63) is 42.0 Å². The molecule has 1 aliphatic rings. The van der Waals surface area contributed by atoms with Crippen molar-refractivity contribution in [3.8, 4) is 34.4 Å². The summed E-state index contributed by atoms with van der Waals surface area (Å²) in [6, 6.07) is 11.3. The molecule has 2 heterocycles. The van der Waals surface area contributed by atoms with Crippen LogP contribution >= 0.6 is 11.8 Å². The lowest BCUT2D eigenvalue weighted by atomic mass is 10.1. The molecule has 2 aromatic carbocycles. The van der Waals surface area contributed by atoms with E-state index in [1.165, 1.54) is 11.8 Å². The zero-order chi connectivity index (χ0) is 20.4. The van der Waals surface area contributed by atoms with E-state index < -0.39 is 6.23 Å². The molecule has 0 amide bonds. The fraction of sp³-hybridized carbons (Fsp3) is 0.250. The smallest absolute Gasteiger partial charge is 0.247 e. The molecule has 0 unspecified atom stereocenters. The summed E-state index contributed by atoms with van der Waals surface area (Å²) in [5, 5.41) is 12.5. The van der Waals surface area contributed by atoms with Crippen LogP contribution in [0, 0.1) is 0 Å². The minimum absolute atomic E-state index is 0.381. The molecule has 1 atom stereocenters. The highest BCUT2D eigenvalue weighted by molar-refractivity contribution is 7.98. The lowest BCUT2D eigenvalue weighted by Crippen LogP contribution is -2.19. The van der Waals surface area contributed by atoms with E-state index in [1.54, 1.807) is 33.5 Å². The highest BCUT2D eigenvalue weighted by atomic mass is 32.2. The summed E-state index contributed by atoms with van der Waals surface area (Å²) in [6.07, 6.45) is 1.25. The van der Waals surface area contributed by atoms with Crippen LogP contribution in [0.5, 0.6) is 23.1 Å². The predicted molar refractivity (Wildman–Crippen MR) is 110 cm³/mol. The fourth-order valence-corrected chi connectivity index (χ4v) is 3.45. The number of thioether (sulfide) groups is 1. The predicted octanol–water partition coefficient (Wildman–Crippen LogP) is 3.79. The van der Waals surface area contributed by atoms with E-state index in [0.717, 1.165) is 11.3 Å². The quantitative estimate of drug-likeness (QED) is 0.629. The second kappa shape index (κ2) is 8.04. The molecule has 29 heavy (non-hydrogen) atoms. The highest BCUT2D eigenvalue weighted by Gasteiger charge is 2.30. The number of aromatic nitrogens is 3. The number of anilines is 1. The summed E-state index contributed by atoms with van der Waals surface area (Å²) in [5.74, 6) is 2.12. The van der Waals surface area contributed by atoms with Crippen LogP contribution in [-0.2, 0) is 0 Å². The Kier molecular flexibility index (Phi) is 5.30. The highest BCUT2D eigenvalue weighted by Crippen LogP contribution is 2.44. The number of nitrogens with zero attached hydrogens (tertiary/aromatic N) is 3. The van der Waals surface area contributed by atoms with Gasteiger partial charge in [0.05, 0.1) is 26.9 Å². The Hall–Kier alpha value is -3.20. The van der Waals surface area contributed by atoms with E-state index >= 15 is 0 Å². The van der Waals surface area contributed by atoms with Crippen LogP contribution in [0.15, 0.2) is 41.6 Å². The van der Waals surface area contributed by atoms with Gasteiger partial charge in [-0.15, -0.1) is 10.2 Å². The topological polar surface area (TPSA) is 87.6 Å². The van der Waals surface area contributed by atoms with Crippen LogP contribution < -0.4 is 24.3 Å². The zero-order valence-electron chi connectivity index (χ0n) is 16.4. The van der Waals surface area contributed by atoms with Crippen LogP contribution in [0.4, 0.5) is 5.69 Å². The second-order valence-electron chi connectivity index (χ2n) is 6.09. The Labute approximate surface area is 172 Å². The Balaban J connectivity index is 1.91. The van der Waals surface area contributed by atoms with Crippen molar-refractivity contribution in [1.82, 2.24) is 15.2 Å². The summed E-state index contributed by atoms with van der Waals surface area (Å²) < 4.78 is 22.9. The van der Waals surface area contributed by atoms with Gasteiger partial charge in [-0.3, -0.25) is 0 Å². The van der Waals surface area contributed by atoms with Crippen molar-refractivity contribution < 1.29 is 18.9 Å². The minimum Gasteiger partial charge on any atom is -0.496 e. The summed E-state index contributed by atoms with van der Waals surface area (Å²) in [5.41, 5.74) is 2.94. The van der Waals surface area contributed by atoms with Gasteiger partial charge in [-0.05, 0) is 12.3 Å². The molecular weight excluding hydrogens is 392 g/mol. The fourth-order valence-electron chi connectivity index (χ4n) is 3.16. The summed E-state index contributed by atoms with van der Waals surface area (Å²) in [6.45, 7) is 0. The number of nitrogens with one attached hydrogen (secondary N) is 1. The molecule has 3 aromatic rings. The lowest BCUT2D eigenvalue weighted by molar-refractivity contribution is 0.213. The molecular formula is C20H20N4O4S. The van der Waals surface area contributed by atoms with Crippen molar-refractivity contribution in [2.45, 2.75) is 11.4 Å². The van der Waals surface area contributed by atoms with E-state index in [2.05, 4.69) is 20.5 Å². The average molecular weight is 412 g/mol. The average Bonchev–Trinajstić information content (AvgIpc) is 2.93. The van der Waals surface area contributed by atoms with Crippen molar-refractivity contribution >= 4 is 17.4 Å². The molecule has 1 aromatic heterocycles. The third-order valence-corrected chi connectivity index (χ3v) is 5.07. The first-order valence-corrected chi connectivity index (χ1v) is 10.0. The van der Waals surface area contributed by atoms with Crippen LogP contribution in [0.3, 0.4) is 0 Å². The zero-order valence-corrected chi connectivity index (χ0v) is 17.2. The van der Waals surface area contributed by atoms with Gasteiger partial charge in [0.1, 0.15) is 17.2 Å². The first-order valence-electron chi connectivity index (χ1n) is 8.79. The van der Waals surface area contributed by atoms with E-state index in [4.69, 9.17) is 18.9 Å². The van der Waals surface area contributed by atoms with Crippen LogP contribution in [0.25, 0.3) is 11.3 Å². The van der Waals surface area contributed by atoms with Gasteiger partial charge >= 0.3 is 0 Å². The molecule has 0 saturated heterocycles. The number of hydrogen-bond donors (Lipinski definition) is 1. The molecule has 150 valence electrons. The Morgan fingerprint density at radius 2 is 1.72 bits per heavy atom. The molecule has 0 saturated carbocycles. The first-order chi connectivity index (χ1) is 14.2. The number of benzene rings is 2. The molecule has 0 radical (unpaired) electrons. The summed E-state index contributed by atoms with van der Waals surface area (Å²) in [4.78, 5) is 4.53. The second-order valence-corrected chi connectivity index (χ2v) is 6.86. The van der Waals surface area contributed by atoms with Crippen LogP contribution in [0.2, 0.25) is 0 Å². The number of rotatable bonds is 5. The number of methoxy groups -OCH3 is 3. The van der Waals surface area contributed by atoms with E-state index in [9.17, 15) is 0 Å².